The first kappa shape index (κ1) is 19.9. The number of nitrogens with one attached hydrogen (secondary N) is 2. The molecule has 0 spiro atoms. The number of ether oxygens (including phenoxy) is 2. The van der Waals surface area contributed by atoms with Gasteiger partial charge in [0.15, 0.2) is 0 Å². The molecule has 0 aliphatic heterocycles. The molecule has 21 heavy (non-hydrogen) atoms. The summed E-state index contributed by atoms with van der Waals surface area (Å²) in [4.78, 5) is 24.1. The molecular weight excluding hydrogens is 272 g/mol. The third-order valence-corrected chi connectivity index (χ3v) is 3.61. The fraction of sp³-hybridized carbons (Fsp3) is 0.867. The Morgan fingerprint density at radius 2 is 1.62 bits per heavy atom. The van der Waals surface area contributed by atoms with E-state index in [0.29, 0.717) is 39.1 Å². The largest absolute Gasteiger partial charge is 0.464 e. The van der Waals surface area contributed by atoms with E-state index >= 15 is 0 Å². The summed E-state index contributed by atoms with van der Waals surface area (Å²) in [6.07, 6.45) is 1.06. The zero-order chi connectivity index (χ0) is 16.3. The van der Waals surface area contributed by atoms with Crippen molar-refractivity contribution < 1.29 is 19.1 Å². The smallest absolute Gasteiger partial charge is 0.311 e. The zero-order valence-corrected chi connectivity index (χ0v) is 14.0. The van der Waals surface area contributed by atoms with Gasteiger partial charge in [0.2, 0.25) is 0 Å². The zero-order valence-electron chi connectivity index (χ0n) is 14.0. The van der Waals surface area contributed by atoms with Crippen LogP contribution in [0, 0.1) is 11.3 Å². The lowest BCUT2D eigenvalue weighted by molar-refractivity contribution is -0.158. The average molecular weight is 302 g/mol. The van der Waals surface area contributed by atoms with Gasteiger partial charge in [-0.25, -0.2) is 0 Å². The SMILES string of the molecule is CCC(C)(CC(C)C(=O)OCCNC)C(=O)OCCNC. The van der Waals surface area contributed by atoms with Crippen LogP contribution in [0.15, 0.2) is 0 Å². The Labute approximate surface area is 127 Å². The van der Waals surface area contributed by atoms with E-state index in [0.717, 1.165) is 0 Å². The minimum Gasteiger partial charge on any atom is -0.464 e. The Bertz CT molecular complexity index is 323. The highest BCUT2D eigenvalue weighted by atomic mass is 16.5. The summed E-state index contributed by atoms with van der Waals surface area (Å²) in [7, 11) is 3.60. The molecule has 0 amide bonds. The van der Waals surface area contributed by atoms with Crippen molar-refractivity contribution in [3.63, 3.8) is 0 Å². The van der Waals surface area contributed by atoms with Crippen LogP contribution >= 0.6 is 0 Å². The van der Waals surface area contributed by atoms with Gasteiger partial charge in [-0.05, 0) is 33.9 Å². The summed E-state index contributed by atoms with van der Waals surface area (Å²) in [5.74, 6) is -0.855. The van der Waals surface area contributed by atoms with Gasteiger partial charge in [-0.15, -0.1) is 0 Å². The first-order chi connectivity index (χ1) is 9.91. The van der Waals surface area contributed by atoms with Crippen LogP contribution in [-0.2, 0) is 19.1 Å². The third kappa shape index (κ3) is 7.43. The fourth-order valence-corrected chi connectivity index (χ4v) is 1.95. The molecule has 0 aromatic carbocycles. The van der Waals surface area contributed by atoms with Crippen molar-refractivity contribution in [1.82, 2.24) is 10.6 Å². The molecule has 2 N–H and O–H groups in total. The number of rotatable bonds is 11. The summed E-state index contributed by atoms with van der Waals surface area (Å²) in [5, 5.41) is 5.83. The Hall–Kier alpha value is -1.14. The minimum absolute atomic E-state index is 0.255. The first-order valence-electron chi connectivity index (χ1n) is 7.54. The van der Waals surface area contributed by atoms with E-state index in [1.54, 1.807) is 21.0 Å². The Balaban J connectivity index is 4.43. The highest BCUT2D eigenvalue weighted by Crippen LogP contribution is 2.31. The van der Waals surface area contributed by atoms with Crippen LogP contribution in [0.3, 0.4) is 0 Å². The van der Waals surface area contributed by atoms with Gasteiger partial charge >= 0.3 is 11.9 Å². The predicted molar refractivity (Wildman–Crippen MR) is 82.0 cm³/mol. The predicted octanol–water partition coefficient (Wildman–Crippen LogP) is 0.954. The van der Waals surface area contributed by atoms with Crippen LogP contribution in [0.4, 0.5) is 0 Å². The highest BCUT2D eigenvalue weighted by Gasteiger charge is 2.36. The van der Waals surface area contributed by atoms with E-state index in [9.17, 15) is 9.59 Å². The van der Waals surface area contributed by atoms with Crippen LogP contribution in [0.2, 0.25) is 0 Å². The van der Waals surface area contributed by atoms with Crippen molar-refractivity contribution in [3.05, 3.63) is 0 Å². The van der Waals surface area contributed by atoms with Gasteiger partial charge in [0.25, 0.3) is 0 Å². The lowest BCUT2D eigenvalue weighted by Crippen LogP contribution is -2.35. The molecule has 2 atom stereocenters. The summed E-state index contributed by atoms with van der Waals surface area (Å²) in [5.41, 5.74) is -0.658. The van der Waals surface area contributed by atoms with E-state index < -0.39 is 5.41 Å². The Morgan fingerprint density at radius 1 is 1.10 bits per heavy atom. The van der Waals surface area contributed by atoms with Gasteiger partial charge in [-0.3, -0.25) is 9.59 Å². The molecule has 0 aromatic rings. The standard InChI is InChI=1S/C15H30N2O4/c1-6-15(3,14(19)21-10-8-17-5)11-12(2)13(18)20-9-7-16-4/h12,16-17H,6-11H2,1-5H3. The van der Waals surface area contributed by atoms with Crippen LogP contribution in [-0.4, -0.2) is 52.3 Å². The lowest BCUT2D eigenvalue weighted by Gasteiger charge is -2.28. The lowest BCUT2D eigenvalue weighted by atomic mass is 9.79. The summed E-state index contributed by atoms with van der Waals surface area (Å²) >= 11 is 0. The molecule has 2 unspecified atom stereocenters. The van der Waals surface area contributed by atoms with Crippen molar-refractivity contribution in [1.29, 1.82) is 0 Å². The molecule has 0 saturated heterocycles. The number of hydrogen-bond donors (Lipinski definition) is 2. The summed E-state index contributed by atoms with van der Waals surface area (Å²) < 4.78 is 10.4. The second-order valence-corrected chi connectivity index (χ2v) is 5.53. The maximum absolute atomic E-state index is 12.2. The molecule has 124 valence electrons. The first-order valence-corrected chi connectivity index (χ1v) is 7.54. The van der Waals surface area contributed by atoms with Gasteiger partial charge in [-0.2, -0.15) is 0 Å². The minimum atomic E-state index is -0.658. The molecule has 0 aromatic heterocycles. The molecule has 0 saturated carbocycles. The van der Waals surface area contributed by atoms with E-state index in [1.165, 1.54) is 0 Å². The topological polar surface area (TPSA) is 76.7 Å². The molecule has 6 heteroatoms. The van der Waals surface area contributed by atoms with Crippen molar-refractivity contribution in [2.45, 2.75) is 33.6 Å². The van der Waals surface area contributed by atoms with E-state index in [4.69, 9.17) is 9.47 Å². The molecule has 6 nitrogen and oxygen atoms in total. The number of carbonyl (C=O) groups is 2. The fourth-order valence-electron chi connectivity index (χ4n) is 1.95. The summed E-state index contributed by atoms with van der Waals surface area (Å²) in [6, 6.07) is 0. The average Bonchev–Trinajstić information content (AvgIpc) is 2.47. The Kier molecular flexibility index (Phi) is 9.99. The van der Waals surface area contributed by atoms with Crippen LogP contribution in [0.5, 0.6) is 0 Å². The second kappa shape index (κ2) is 10.6. The molecule has 0 rings (SSSR count). The number of carbonyl (C=O) groups excluding carboxylic acids is 2. The quantitative estimate of drug-likeness (QED) is 0.437. The molecule has 0 aliphatic carbocycles. The van der Waals surface area contributed by atoms with Crippen LogP contribution in [0.25, 0.3) is 0 Å². The second-order valence-electron chi connectivity index (χ2n) is 5.53. The van der Waals surface area contributed by atoms with Crippen molar-refractivity contribution in [2.75, 3.05) is 40.4 Å². The molecule has 0 radical (unpaired) electrons. The van der Waals surface area contributed by atoms with Gasteiger partial charge in [0.05, 0.1) is 11.3 Å². The Morgan fingerprint density at radius 3 is 2.10 bits per heavy atom. The van der Waals surface area contributed by atoms with Gasteiger partial charge in [0, 0.05) is 13.1 Å². The number of likely N-dealkylation sites (N-methyl/N-ethyl adjacent to an activating group) is 2. The van der Waals surface area contributed by atoms with Gasteiger partial charge in [-0.1, -0.05) is 13.8 Å². The van der Waals surface area contributed by atoms with Crippen LogP contribution < -0.4 is 10.6 Å². The summed E-state index contributed by atoms with van der Waals surface area (Å²) in [6.45, 7) is 7.48. The molecule has 0 heterocycles. The number of esters is 2. The van der Waals surface area contributed by atoms with E-state index in [-0.39, 0.29) is 17.9 Å². The monoisotopic (exact) mass is 302 g/mol. The van der Waals surface area contributed by atoms with Gasteiger partial charge < -0.3 is 20.1 Å². The highest BCUT2D eigenvalue weighted by molar-refractivity contribution is 5.78. The maximum Gasteiger partial charge on any atom is 0.311 e. The van der Waals surface area contributed by atoms with Crippen molar-refractivity contribution in [3.8, 4) is 0 Å². The normalized spacial score (nSPS) is 15.1. The number of hydrogen-bond acceptors (Lipinski definition) is 6. The van der Waals surface area contributed by atoms with E-state index in [1.807, 2.05) is 13.8 Å². The maximum atomic E-state index is 12.2. The van der Waals surface area contributed by atoms with Gasteiger partial charge in [0.1, 0.15) is 13.2 Å². The van der Waals surface area contributed by atoms with Crippen molar-refractivity contribution in [2.24, 2.45) is 11.3 Å². The van der Waals surface area contributed by atoms with Crippen molar-refractivity contribution >= 4 is 11.9 Å². The third-order valence-electron chi connectivity index (χ3n) is 3.61. The molecular formula is C15H30N2O4. The van der Waals surface area contributed by atoms with E-state index in [2.05, 4.69) is 10.6 Å². The molecule has 0 fully saturated rings. The molecule has 0 bridgehead atoms. The van der Waals surface area contributed by atoms with Crippen LogP contribution in [0.1, 0.15) is 33.6 Å². The molecule has 0 aliphatic rings.